The van der Waals surface area contributed by atoms with E-state index in [0.717, 1.165) is 95.1 Å². The first-order chi connectivity index (χ1) is 30.2. The van der Waals surface area contributed by atoms with E-state index in [9.17, 15) is 5.41 Å². The molecule has 0 spiro atoms. The third kappa shape index (κ3) is 7.62. The van der Waals surface area contributed by atoms with E-state index >= 15 is 0 Å². The van der Waals surface area contributed by atoms with E-state index in [0.29, 0.717) is 11.5 Å². The molecule has 61 heavy (non-hydrogen) atoms. The molecule has 0 amide bonds. The largest absolute Gasteiger partial charge is 0.354 e. The van der Waals surface area contributed by atoms with Gasteiger partial charge in [0.05, 0.1) is 22.8 Å². The highest BCUT2D eigenvalue weighted by Gasteiger charge is 2.25. The zero-order valence-corrected chi connectivity index (χ0v) is 33.3. The van der Waals surface area contributed by atoms with Gasteiger partial charge in [0.1, 0.15) is 0 Å². The summed E-state index contributed by atoms with van der Waals surface area (Å²) < 4.78 is 0. The second-order valence-corrected chi connectivity index (χ2v) is 15.0. The molecule has 0 saturated heterocycles. The second-order valence-electron chi connectivity index (χ2n) is 15.0. The van der Waals surface area contributed by atoms with Gasteiger partial charge in [0, 0.05) is 39.1 Å². The number of rotatable bonds is 9. The molecule has 1 aromatic heterocycles. The van der Waals surface area contributed by atoms with Gasteiger partial charge in [-0.15, -0.1) is 0 Å². The normalized spacial score (nSPS) is 12.8. The lowest BCUT2D eigenvalue weighted by atomic mass is 9.85. The van der Waals surface area contributed by atoms with Crippen LogP contribution in [0.15, 0.2) is 224 Å². The van der Waals surface area contributed by atoms with Gasteiger partial charge in [-0.25, -0.2) is 9.97 Å². The van der Waals surface area contributed by atoms with E-state index in [1.807, 2.05) is 91.0 Å². The number of hydrogen-bond acceptors (Lipinski definition) is 4. The predicted octanol–water partition coefficient (Wildman–Crippen LogP) is 13.8. The molecule has 0 radical (unpaired) electrons. The van der Waals surface area contributed by atoms with Crippen molar-refractivity contribution in [1.82, 2.24) is 15.3 Å². The van der Waals surface area contributed by atoms with Gasteiger partial charge in [0.25, 0.3) is 0 Å². The molecule has 0 bridgehead atoms. The molecule has 1 aliphatic heterocycles. The fraction of sp³-hybridized carbons (Fsp3) is 0. The number of fused-ring (bicyclic) bond motifs is 1. The molecule has 0 saturated carbocycles. The van der Waals surface area contributed by atoms with Crippen molar-refractivity contribution in [1.29, 1.82) is 5.41 Å². The lowest BCUT2D eigenvalue weighted by Crippen LogP contribution is -2.20. The minimum Gasteiger partial charge on any atom is -0.354 e. The maximum absolute atomic E-state index is 9.66. The maximum atomic E-state index is 9.66. The maximum Gasteiger partial charge on any atom is 0.160 e. The lowest BCUT2D eigenvalue weighted by Gasteiger charge is -2.27. The quantitative estimate of drug-likeness (QED) is 0.143. The molecule has 10 rings (SSSR count). The zero-order chi connectivity index (χ0) is 41.0. The number of allylic oxidation sites excluding steroid dienone is 1. The summed E-state index contributed by atoms with van der Waals surface area (Å²) in [6.07, 6.45) is 2.26. The van der Waals surface area contributed by atoms with Crippen LogP contribution in [0.2, 0.25) is 0 Å². The Kier molecular flexibility index (Phi) is 10.1. The minimum absolute atomic E-state index is 0.458. The fourth-order valence-electron chi connectivity index (χ4n) is 8.08. The van der Waals surface area contributed by atoms with E-state index in [1.54, 1.807) is 0 Å². The molecule has 8 aromatic carbocycles. The summed E-state index contributed by atoms with van der Waals surface area (Å²) in [4.78, 5) is 10.0. The summed E-state index contributed by atoms with van der Waals surface area (Å²) in [7, 11) is 0. The van der Waals surface area contributed by atoms with Crippen LogP contribution in [0.1, 0.15) is 27.8 Å². The van der Waals surface area contributed by atoms with Crippen LogP contribution in [-0.4, -0.2) is 15.7 Å². The average Bonchev–Trinajstić information content (AvgIpc) is 3.35. The van der Waals surface area contributed by atoms with Crippen LogP contribution < -0.4 is 5.32 Å². The third-order valence-corrected chi connectivity index (χ3v) is 11.1. The molecule has 4 nitrogen and oxygen atoms in total. The highest BCUT2D eigenvalue weighted by molar-refractivity contribution is 6.36. The molecule has 0 fully saturated rings. The van der Waals surface area contributed by atoms with Gasteiger partial charge in [-0.2, -0.15) is 0 Å². The fourth-order valence-corrected chi connectivity index (χ4v) is 8.08. The standard InChI is InChI=1S/C57H40N4/c58-55(44-24-12-4-13-25-44)54(43-22-10-3-11-23-43)56-49-31-17-30-48(50(49)37-51(59-56)40-18-6-1-7-19-40)47-29-16-28-46(36-47)39-32-34-42(35-33-39)53-38-52(41-20-8-2-9-21-41)60-57(61-53)45-26-14-5-15-27-45/h1-38,58-59H/b56-54-,58-55?. The Morgan fingerprint density at radius 3 is 1.49 bits per heavy atom. The molecular formula is C57H40N4. The van der Waals surface area contributed by atoms with E-state index in [-0.39, 0.29) is 0 Å². The molecule has 0 aliphatic carbocycles. The SMILES string of the molecule is N=C(/C(=C1\NC(c2ccccc2)=Cc2c1cccc2-c1cccc(-c2ccc(-c3cc(-c4ccccc4)nc(-c4ccccc4)n3)cc2)c1)c1ccccc1)c1ccccc1. The highest BCUT2D eigenvalue weighted by Crippen LogP contribution is 2.41. The Labute approximate surface area is 356 Å². The van der Waals surface area contributed by atoms with Crippen molar-refractivity contribution in [3.8, 4) is 56.2 Å². The summed E-state index contributed by atoms with van der Waals surface area (Å²) in [5.74, 6) is 0.699. The highest BCUT2D eigenvalue weighted by atomic mass is 14.9. The summed E-state index contributed by atoms with van der Waals surface area (Å²) in [5, 5.41) is 13.5. The summed E-state index contributed by atoms with van der Waals surface area (Å²) in [5.41, 5.74) is 17.5. The van der Waals surface area contributed by atoms with Crippen LogP contribution >= 0.6 is 0 Å². The van der Waals surface area contributed by atoms with Crippen molar-refractivity contribution >= 4 is 28.8 Å². The van der Waals surface area contributed by atoms with Crippen molar-refractivity contribution in [2.45, 2.75) is 0 Å². The van der Waals surface area contributed by atoms with E-state index in [1.165, 1.54) is 0 Å². The smallest absolute Gasteiger partial charge is 0.160 e. The monoisotopic (exact) mass is 780 g/mol. The molecule has 9 aromatic rings. The van der Waals surface area contributed by atoms with E-state index in [2.05, 4.69) is 145 Å². The van der Waals surface area contributed by atoms with Gasteiger partial charge in [0.15, 0.2) is 5.82 Å². The van der Waals surface area contributed by atoms with Crippen molar-refractivity contribution in [2.24, 2.45) is 0 Å². The minimum atomic E-state index is 0.458. The lowest BCUT2D eigenvalue weighted by molar-refractivity contribution is 1.18. The first-order valence-electron chi connectivity index (χ1n) is 20.5. The Hall–Kier alpha value is -8.21. The number of benzene rings is 8. The number of nitrogens with zero attached hydrogens (tertiary/aromatic N) is 2. The van der Waals surface area contributed by atoms with Crippen LogP contribution in [0.5, 0.6) is 0 Å². The van der Waals surface area contributed by atoms with Gasteiger partial charge in [-0.05, 0) is 57.2 Å². The van der Waals surface area contributed by atoms with Gasteiger partial charge in [-0.1, -0.05) is 212 Å². The summed E-state index contributed by atoms with van der Waals surface area (Å²) in [6.45, 7) is 0. The number of hydrogen-bond donors (Lipinski definition) is 2. The third-order valence-electron chi connectivity index (χ3n) is 11.1. The van der Waals surface area contributed by atoms with Gasteiger partial charge >= 0.3 is 0 Å². The molecule has 1 aliphatic rings. The van der Waals surface area contributed by atoms with Crippen molar-refractivity contribution < 1.29 is 0 Å². The predicted molar refractivity (Wildman–Crippen MR) is 253 cm³/mol. The summed E-state index contributed by atoms with van der Waals surface area (Å²) in [6, 6.07) is 77.2. The molecule has 288 valence electrons. The Bertz CT molecular complexity index is 3010. The van der Waals surface area contributed by atoms with E-state index < -0.39 is 0 Å². The second kappa shape index (κ2) is 16.6. The van der Waals surface area contributed by atoms with Crippen molar-refractivity contribution in [3.05, 3.63) is 252 Å². The van der Waals surface area contributed by atoms with Gasteiger partial charge in [0.2, 0.25) is 0 Å². The van der Waals surface area contributed by atoms with Crippen molar-refractivity contribution in [3.63, 3.8) is 0 Å². The van der Waals surface area contributed by atoms with Crippen LogP contribution in [0.3, 0.4) is 0 Å². The van der Waals surface area contributed by atoms with Crippen LogP contribution in [0.4, 0.5) is 0 Å². The topological polar surface area (TPSA) is 61.7 Å². The van der Waals surface area contributed by atoms with Gasteiger partial charge in [-0.3, -0.25) is 5.41 Å². The van der Waals surface area contributed by atoms with Crippen LogP contribution in [0.25, 0.3) is 79.2 Å². The Morgan fingerprint density at radius 1 is 0.377 bits per heavy atom. The molecular weight excluding hydrogens is 741 g/mol. The number of aromatic nitrogens is 2. The van der Waals surface area contributed by atoms with E-state index in [4.69, 9.17) is 9.97 Å². The van der Waals surface area contributed by atoms with Crippen molar-refractivity contribution in [2.75, 3.05) is 0 Å². The molecule has 2 N–H and O–H groups in total. The zero-order valence-electron chi connectivity index (χ0n) is 33.3. The average molecular weight is 781 g/mol. The van der Waals surface area contributed by atoms with Gasteiger partial charge < -0.3 is 5.32 Å². The summed E-state index contributed by atoms with van der Waals surface area (Å²) >= 11 is 0. The molecule has 0 atom stereocenters. The molecule has 4 heteroatoms. The Balaban J connectivity index is 1.07. The molecule has 0 unspecified atom stereocenters. The van der Waals surface area contributed by atoms with Crippen LogP contribution in [0, 0.1) is 5.41 Å². The molecule has 2 heterocycles. The Morgan fingerprint density at radius 2 is 0.852 bits per heavy atom. The van der Waals surface area contributed by atoms with Crippen LogP contribution in [-0.2, 0) is 0 Å². The first-order valence-corrected chi connectivity index (χ1v) is 20.5. The first kappa shape index (κ1) is 37.1. The number of nitrogens with one attached hydrogen (secondary N) is 2.